The zero-order chi connectivity index (χ0) is 9.84. The first-order chi connectivity index (χ1) is 6.09. The number of hydrogen-bond acceptors (Lipinski definition) is 3. The number of nitro groups is 1. The molecule has 0 heterocycles. The molecule has 1 rings (SSSR count). The Labute approximate surface area is 83.5 Å². The van der Waals surface area contributed by atoms with E-state index < -0.39 is 17.6 Å². The predicted octanol–water partition coefficient (Wildman–Crippen LogP) is 1.76. The molecule has 0 aliphatic rings. The van der Waals surface area contributed by atoms with E-state index in [0.29, 0.717) is 5.56 Å². The summed E-state index contributed by atoms with van der Waals surface area (Å²) in [5, 5.41) is 19.5. The van der Waals surface area contributed by atoms with Gasteiger partial charge in [0.2, 0.25) is 6.54 Å². The minimum Gasteiger partial charge on any atom is -0.382 e. The number of rotatable bonds is 3. The van der Waals surface area contributed by atoms with Gasteiger partial charge in [0.1, 0.15) is 6.10 Å². The molecule has 70 valence electrons. The molecule has 1 aromatic rings. The number of aliphatic hydroxyl groups excluding tert-OH is 1. The SMILES string of the molecule is O=[N+]([O-])C[C@@H](O)c1cccc(Br)c1. The van der Waals surface area contributed by atoms with Crippen LogP contribution in [-0.4, -0.2) is 16.6 Å². The minimum atomic E-state index is -1.03. The van der Waals surface area contributed by atoms with Crippen LogP contribution in [0.3, 0.4) is 0 Å². The zero-order valence-corrected chi connectivity index (χ0v) is 8.27. The van der Waals surface area contributed by atoms with Crippen molar-refractivity contribution < 1.29 is 10.0 Å². The highest BCUT2D eigenvalue weighted by Gasteiger charge is 2.13. The summed E-state index contributed by atoms with van der Waals surface area (Å²) < 4.78 is 0.799. The molecule has 0 aromatic heterocycles. The first kappa shape index (κ1) is 10.1. The van der Waals surface area contributed by atoms with Crippen molar-refractivity contribution in [1.82, 2.24) is 0 Å². The Morgan fingerprint density at radius 2 is 2.31 bits per heavy atom. The molecule has 0 unspecified atom stereocenters. The van der Waals surface area contributed by atoms with Gasteiger partial charge in [-0.05, 0) is 17.7 Å². The second kappa shape index (κ2) is 4.34. The maximum atomic E-state index is 10.1. The fourth-order valence-electron chi connectivity index (χ4n) is 0.960. The average Bonchev–Trinajstić information content (AvgIpc) is 2.03. The van der Waals surface area contributed by atoms with E-state index in [-0.39, 0.29) is 0 Å². The van der Waals surface area contributed by atoms with Crippen LogP contribution in [0.5, 0.6) is 0 Å². The van der Waals surface area contributed by atoms with Crippen LogP contribution >= 0.6 is 15.9 Å². The van der Waals surface area contributed by atoms with Crippen molar-refractivity contribution in [2.24, 2.45) is 0 Å². The fraction of sp³-hybridized carbons (Fsp3) is 0.250. The van der Waals surface area contributed by atoms with Crippen molar-refractivity contribution in [3.63, 3.8) is 0 Å². The number of nitrogens with zero attached hydrogens (tertiary/aromatic N) is 1. The number of aliphatic hydroxyl groups is 1. The lowest BCUT2D eigenvalue weighted by atomic mass is 10.1. The van der Waals surface area contributed by atoms with E-state index in [4.69, 9.17) is 0 Å². The van der Waals surface area contributed by atoms with Gasteiger partial charge in [0.15, 0.2) is 0 Å². The third-order valence-electron chi connectivity index (χ3n) is 1.56. The highest BCUT2D eigenvalue weighted by atomic mass is 79.9. The van der Waals surface area contributed by atoms with Gasteiger partial charge in [-0.3, -0.25) is 10.1 Å². The van der Waals surface area contributed by atoms with E-state index in [0.717, 1.165) is 4.47 Å². The Hall–Kier alpha value is -0.940. The fourth-order valence-corrected chi connectivity index (χ4v) is 1.38. The van der Waals surface area contributed by atoms with E-state index >= 15 is 0 Å². The maximum Gasteiger partial charge on any atom is 0.233 e. The van der Waals surface area contributed by atoms with Crippen LogP contribution in [0.25, 0.3) is 0 Å². The summed E-state index contributed by atoms with van der Waals surface area (Å²) in [6.07, 6.45) is -1.03. The van der Waals surface area contributed by atoms with Gasteiger partial charge in [0, 0.05) is 9.40 Å². The predicted molar refractivity (Wildman–Crippen MR) is 51.0 cm³/mol. The van der Waals surface area contributed by atoms with Gasteiger partial charge >= 0.3 is 0 Å². The topological polar surface area (TPSA) is 63.4 Å². The molecule has 0 amide bonds. The van der Waals surface area contributed by atoms with Gasteiger partial charge in [-0.1, -0.05) is 28.1 Å². The maximum absolute atomic E-state index is 10.1. The lowest BCUT2D eigenvalue weighted by Gasteiger charge is -2.05. The van der Waals surface area contributed by atoms with Crippen LogP contribution < -0.4 is 0 Å². The summed E-state index contributed by atoms with van der Waals surface area (Å²) in [4.78, 5) is 9.57. The van der Waals surface area contributed by atoms with E-state index in [1.165, 1.54) is 0 Å². The first-order valence-electron chi connectivity index (χ1n) is 3.65. The Bertz CT molecular complexity index is 316. The molecule has 1 atom stereocenters. The summed E-state index contributed by atoms with van der Waals surface area (Å²) in [7, 11) is 0. The molecule has 0 aliphatic heterocycles. The van der Waals surface area contributed by atoms with Crippen LogP contribution in [-0.2, 0) is 0 Å². The van der Waals surface area contributed by atoms with Crippen molar-refractivity contribution in [2.75, 3.05) is 6.54 Å². The molecule has 0 bridgehead atoms. The molecule has 0 saturated carbocycles. The monoisotopic (exact) mass is 245 g/mol. The summed E-state index contributed by atoms with van der Waals surface area (Å²) in [6, 6.07) is 6.83. The third kappa shape index (κ3) is 3.12. The van der Waals surface area contributed by atoms with Crippen LogP contribution in [0.15, 0.2) is 28.7 Å². The van der Waals surface area contributed by atoms with Gasteiger partial charge in [-0.15, -0.1) is 0 Å². The molecule has 0 fully saturated rings. The van der Waals surface area contributed by atoms with Crippen molar-refractivity contribution in [2.45, 2.75) is 6.10 Å². The van der Waals surface area contributed by atoms with Crippen molar-refractivity contribution in [1.29, 1.82) is 0 Å². The molecule has 1 N–H and O–H groups in total. The van der Waals surface area contributed by atoms with Gasteiger partial charge in [-0.25, -0.2) is 0 Å². The lowest BCUT2D eigenvalue weighted by Crippen LogP contribution is -2.11. The number of halogens is 1. The molecule has 5 heteroatoms. The molecular formula is C8H8BrNO3. The van der Waals surface area contributed by atoms with Gasteiger partial charge < -0.3 is 5.11 Å². The highest BCUT2D eigenvalue weighted by molar-refractivity contribution is 9.10. The molecular weight excluding hydrogens is 238 g/mol. The molecule has 1 aromatic carbocycles. The summed E-state index contributed by atoms with van der Waals surface area (Å²) in [5.41, 5.74) is 0.547. The largest absolute Gasteiger partial charge is 0.382 e. The van der Waals surface area contributed by atoms with E-state index in [9.17, 15) is 15.2 Å². The Morgan fingerprint density at radius 3 is 2.85 bits per heavy atom. The first-order valence-corrected chi connectivity index (χ1v) is 4.44. The summed E-state index contributed by atoms with van der Waals surface area (Å²) in [5.74, 6) is 0. The number of benzene rings is 1. The van der Waals surface area contributed by atoms with Crippen molar-refractivity contribution >= 4 is 15.9 Å². The van der Waals surface area contributed by atoms with Gasteiger partial charge in [0.05, 0.1) is 0 Å². The summed E-state index contributed by atoms with van der Waals surface area (Å²) >= 11 is 3.22. The Morgan fingerprint density at radius 1 is 1.62 bits per heavy atom. The molecule has 0 spiro atoms. The van der Waals surface area contributed by atoms with Crippen molar-refractivity contribution in [3.05, 3.63) is 44.4 Å². The molecule has 0 aliphatic carbocycles. The van der Waals surface area contributed by atoms with Crippen LogP contribution in [0.2, 0.25) is 0 Å². The van der Waals surface area contributed by atoms with Crippen LogP contribution in [0, 0.1) is 10.1 Å². The van der Waals surface area contributed by atoms with Gasteiger partial charge in [0.25, 0.3) is 0 Å². The summed E-state index contributed by atoms with van der Waals surface area (Å²) in [6.45, 7) is -0.462. The normalized spacial score (nSPS) is 12.5. The number of hydrogen-bond donors (Lipinski definition) is 1. The van der Waals surface area contributed by atoms with Crippen molar-refractivity contribution in [3.8, 4) is 0 Å². The third-order valence-corrected chi connectivity index (χ3v) is 2.05. The second-order valence-corrected chi connectivity index (χ2v) is 3.50. The highest BCUT2D eigenvalue weighted by Crippen LogP contribution is 2.17. The molecule has 4 nitrogen and oxygen atoms in total. The van der Waals surface area contributed by atoms with Crippen LogP contribution in [0.1, 0.15) is 11.7 Å². The molecule has 0 saturated heterocycles. The second-order valence-electron chi connectivity index (χ2n) is 2.59. The Kier molecular flexibility index (Phi) is 3.39. The zero-order valence-electron chi connectivity index (χ0n) is 6.68. The smallest absolute Gasteiger partial charge is 0.233 e. The van der Waals surface area contributed by atoms with Crippen LogP contribution in [0.4, 0.5) is 0 Å². The average molecular weight is 246 g/mol. The quantitative estimate of drug-likeness (QED) is 0.652. The molecule has 13 heavy (non-hydrogen) atoms. The van der Waals surface area contributed by atoms with E-state index in [1.54, 1.807) is 24.3 Å². The minimum absolute atomic E-state index is 0.462. The van der Waals surface area contributed by atoms with Gasteiger partial charge in [-0.2, -0.15) is 0 Å². The molecule has 0 radical (unpaired) electrons. The lowest BCUT2D eigenvalue weighted by molar-refractivity contribution is -0.491. The van der Waals surface area contributed by atoms with E-state index in [2.05, 4.69) is 15.9 Å². The Balaban J connectivity index is 2.76. The standard InChI is InChI=1S/C8H8BrNO3/c9-7-3-1-2-6(4-7)8(11)5-10(12)13/h1-4,8,11H,5H2/t8-/m1/s1. The van der Waals surface area contributed by atoms with E-state index in [1.807, 2.05) is 0 Å².